The highest BCUT2D eigenvalue weighted by Crippen LogP contribution is 2.53. The third-order valence-electron chi connectivity index (χ3n) is 6.39. The van der Waals surface area contributed by atoms with Crippen LogP contribution in [0.25, 0.3) is 0 Å². The van der Waals surface area contributed by atoms with Gasteiger partial charge in [-0.15, -0.1) is 0 Å². The van der Waals surface area contributed by atoms with Gasteiger partial charge in [-0.05, 0) is 56.8 Å². The maximum Gasteiger partial charge on any atom is 0.167 e. The quantitative estimate of drug-likeness (QED) is 0.649. The normalized spacial score (nSPS) is 30.3. The van der Waals surface area contributed by atoms with Gasteiger partial charge in [-0.3, -0.25) is 0 Å². The van der Waals surface area contributed by atoms with Crippen molar-refractivity contribution >= 4 is 0 Å². The summed E-state index contributed by atoms with van der Waals surface area (Å²) in [6.07, 6.45) is 9.71. The van der Waals surface area contributed by atoms with Crippen molar-refractivity contribution in [3.8, 4) is 0 Å². The van der Waals surface area contributed by atoms with Gasteiger partial charge in [-0.25, -0.2) is 0 Å². The molecule has 1 saturated heterocycles. The minimum atomic E-state index is -0.304. The molecule has 1 aliphatic heterocycles. The van der Waals surface area contributed by atoms with Crippen molar-refractivity contribution < 1.29 is 9.47 Å². The summed E-state index contributed by atoms with van der Waals surface area (Å²) in [5.41, 5.74) is 4.15. The fourth-order valence-electron chi connectivity index (χ4n) is 4.60. The molecule has 3 aliphatic rings. The standard InChI is InChI=1S/C19H32O2/c1-5-19(6-2)20-13-18(14-21-19)11-9-15-8-7-10-17(3,4)16(15)12-18/h5-14H2,1-4H3. The summed E-state index contributed by atoms with van der Waals surface area (Å²) < 4.78 is 12.5. The van der Waals surface area contributed by atoms with E-state index in [0.717, 1.165) is 26.1 Å². The SMILES string of the molecule is CCC1(CC)OCC2(CCC3=C(C2)C(C)(C)CCC3)CO1. The average molecular weight is 292 g/mol. The van der Waals surface area contributed by atoms with Gasteiger partial charge in [-0.1, -0.05) is 38.8 Å². The van der Waals surface area contributed by atoms with E-state index in [1.807, 2.05) is 0 Å². The van der Waals surface area contributed by atoms with Crippen molar-refractivity contribution in [3.05, 3.63) is 11.1 Å². The van der Waals surface area contributed by atoms with Gasteiger partial charge in [0.1, 0.15) is 0 Å². The highest BCUT2D eigenvalue weighted by atomic mass is 16.7. The molecule has 0 aromatic heterocycles. The number of hydrogen-bond acceptors (Lipinski definition) is 2. The smallest absolute Gasteiger partial charge is 0.167 e. The topological polar surface area (TPSA) is 18.5 Å². The highest BCUT2D eigenvalue weighted by molar-refractivity contribution is 5.28. The van der Waals surface area contributed by atoms with Crippen molar-refractivity contribution in [2.75, 3.05) is 13.2 Å². The lowest BCUT2D eigenvalue weighted by atomic mass is 9.61. The predicted molar refractivity (Wildman–Crippen MR) is 86.2 cm³/mol. The van der Waals surface area contributed by atoms with Gasteiger partial charge in [0.15, 0.2) is 5.79 Å². The molecule has 0 bridgehead atoms. The van der Waals surface area contributed by atoms with Crippen LogP contribution in [-0.2, 0) is 9.47 Å². The molecule has 1 spiro atoms. The molecule has 0 unspecified atom stereocenters. The Balaban J connectivity index is 1.77. The molecular weight excluding hydrogens is 260 g/mol. The van der Waals surface area contributed by atoms with E-state index in [2.05, 4.69) is 27.7 Å². The largest absolute Gasteiger partial charge is 0.349 e. The summed E-state index contributed by atoms with van der Waals surface area (Å²) in [5.74, 6) is -0.304. The minimum Gasteiger partial charge on any atom is -0.349 e. The summed E-state index contributed by atoms with van der Waals surface area (Å²) in [5, 5.41) is 0. The van der Waals surface area contributed by atoms with Gasteiger partial charge in [0.05, 0.1) is 13.2 Å². The molecule has 0 aromatic carbocycles. The lowest BCUT2D eigenvalue weighted by Crippen LogP contribution is -2.50. The van der Waals surface area contributed by atoms with Crippen LogP contribution in [0.2, 0.25) is 0 Å². The second-order valence-corrected chi connectivity index (χ2v) is 8.19. The molecule has 21 heavy (non-hydrogen) atoms. The van der Waals surface area contributed by atoms with E-state index in [4.69, 9.17) is 9.47 Å². The molecule has 0 radical (unpaired) electrons. The van der Waals surface area contributed by atoms with Crippen molar-refractivity contribution in [2.45, 2.75) is 84.8 Å². The molecule has 0 aromatic rings. The lowest BCUT2D eigenvalue weighted by molar-refractivity contribution is -0.308. The molecule has 2 aliphatic carbocycles. The molecule has 0 atom stereocenters. The van der Waals surface area contributed by atoms with Gasteiger partial charge in [-0.2, -0.15) is 0 Å². The molecule has 120 valence electrons. The molecule has 0 saturated carbocycles. The van der Waals surface area contributed by atoms with Crippen LogP contribution in [0.4, 0.5) is 0 Å². The third kappa shape index (κ3) is 2.70. The van der Waals surface area contributed by atoms with E-state index in [1.54, 1.807) is 11.1 Å². The molecule has 1 heterocycles. The molecule has 0 amide bonds. The predicted octanol–water partition coefficient (Wildman–Crippen LogP) is 5.23. The molecule has 2 heteroatoms. The lowest BCUT2D eigenvalue weighted by Gasteiger charge is -2.51. The Hall–Kier alpha value is -0.340. The summed E-state index contributed by atoms with van der Waals surface area (Å²) in [6, 6.07) is 0. The molecule has 2 nitrogen and oxygen atoms in total. The Morgan fingerprint density at radius 3 is 2.24 bits per heavy atom. The Labute approximate surface area is 130 Å². The van der Waals surface area contributed by atoms with E-state index in [0.29, 0.717) is 5.41 Å². The first-order chi connectivity index (χ1) is 9.94. The number of ether oxygens (including phenoxy) is 2. The third-order valence-corrected chi connectivity index (χ3v) is 6.39. The summed E-state index contributed by atoms with van der Waals surface area (Å²) in [7, 11) is 0. The maximum absolute atomic E-state index is 6.26. The number of allylic oxidation sites excluding steroid dienone is 2. The van der Waals surface area contributed by atoms with Crippen LogP contribution in [0.5, 0.6) is 0 Å². The van der Waals surface area contributed by atoms with Gasteiger partial charge >= 0.3 is 0 Å². The van der Waals surface area contributed by atoms with E-state index in [-0.39, 0.29) is 11.2 Å². The fourth-order valence-corrected chi connectivity index (χ4v) is 4.60. The van der Waals surface area contributed by atoms with Crippen LogP contribution in [0.15, 0.2) is 11.1 Å². The maximum atomic E-state index is 6.26. The second kappa shape index (κ2) is 5.38. The number of hydrogen-bond donors (Lipinski definition) is 0. The van der Waals surface area contributed by atoms with E-state index >= 15 is 0 Å². The van der Waals surface area contributed by atoms with Crippen molar-refractivity contribution in [1.82, 2.24) is 0 Å². The summed E-state index contributed by atoms with van der Waals surface area (Å²) >= 11 is 0. The van der Waals surface area contributed by atoms with Crippen LogP contribution < -0.4 is 0 Å². The van der Waals surface area contributed by atoms with Crippen molar-refractivity contribution in [1.29, 1.82) is 0 Å². The minimum absolute atomic E-state index is 0.251. The Morgan fingerprint density at radius 1 is 0.952 bits per heavy atom. The zero-order valence-electron chi connectivity index (χ0n) is 14.4. The molecule has 0 N–H and O–H groups in total. The highest BCUT2D eigenvalue weighted by Gasteiger charge is 2.47. The first kappa shape index (κ1) is 15.6. The Kier molecular flexibility index (Phi) is 3.99. The summed E-state index contributed by atoms with van der Waals surface area (Å²) in [4.78, 5) is 0. The van der Waals surface area contributed by atoms with Crippen LogP contribution >= 0.6 is 0 Å². The first-order valence-corrected chi connectivity index (χ1v) is 8.94. The van der Waals surface area contributed by atoms with Crippen LogP contribution in [-0.4, -0.2) is 19.0 Å². The Bertz CT molecular complexity index is 419. The molecular formula is C19H32O2. The van der Waals surface area contributed by atoms with Crippen molar-refractivity contribution in [3.63, 3.8) is 0 Å². The fraction of sp³-hybridized carbons (Fsp3) is 0.895. The van der Waals surface area contributed by atoms with E-state index < -0.39 is 0 Å². The molecule has 1 fully saturated rings. The van der Waals surface area contributed by atoms with Gasteiger partial charge in [0.25, 0.3) is 0 Å². The summed E-state index contributed by atoms with van der Waals surface area (Å²) in [6.45, 7) is 11.0. The number of rotatable bonds is 2. The molecule has 3 rings (SSSR count). The second-order valence-electron chi connectivity index (χ2n) is 8.19. The van der Waals surface area contributed by atoms with Crippen molar-refractivity contribution in [2.24, 2.45) is 10.8 Å². The zero-order valence-corrected chi connectivity index (χ0v) is 14.4. The van der Waals surface area contributed by atoms with Gasteiger partial charge in [0.2, 0.25) is 0 Å². The van der Waals surface area contributed by atoms with Gasteiger partial charge < -0.3 is 9.47 Å². The Morgan fingerprint density at radius 2 is 1.62 bits per heavy atom. The van der Waals surface area contributed by atoms with Gasteiger partial charge in [0, 0.05) is 5.41 Å². The average Bonchev–Trinajstić information content (AvgIpc) is 2.49. The van der Waals surface area contributed by atoms with Crippen LogP contribution in [0.3, 0.4) is 0 Å². The van der Waals surface area contributed by atoms with Crippen LogP contribution in [0.1, 0.15) is 79.1 Å². The van der Waals surface area contributed by atoms with E-state index in [1.165, 1.54) is 38.5 Å². The monoisotopic (exact) mass is 292 g/mol. The zero-order chi connectivity index (χ0) is 15.1. The van der Waals surface area contributed by atoms with E-state index in [9.17, 15) is 0 Å². The first-order valence-electron chi connectivity index (χ1n) is 8.94. The van der Waals surface area contributed by atoms with Crippen LogP contribution in [0, 0.1) is 10.8 Å².